The van der Waals surface area contributed by atoms with Crippen molar-refractivity contribution in [2.75, 3.05) is 11.0 Å². The summed E-state index contributed by atoms with van der Waals surface area (Å²) in [4.78, 5) is 4.18. The van der Waals surface area contributed by atoms with Crippen molar-refractivity contribution in [3.05, 3.63) is 28.6 Å². The number of hydrogen-bond acceptors (Lipinski definition) is 3. The maximum Gasteiger partial charge on any atom is 0.231 e. The Morgan fingerprint density at radius 3 is 2.75 bits per heavy atom. The second-order valence-electron chi connectivity index (χ2n) is 3.45. The van der Waals surface area contributed by atoms with Crippen LogP contribution in [0.5, 0.6) is 0 Å². The molecule has 0 aliphatic heterocycles. The predicted molar refractivity (Wildman–Crippen MR) is 66.1 cm³/mol. The van der Waals surface area contributed by atoms with Crippen molar-refractivity contribution in [3.8, 4) is 0 Å². The summed E-state index contributed by atoms with van der Waals surface area (Å²) in [7, 11) is -3.31. The van der Waals surface area contributed by atoms with Crippen LogP contribution >= 0.6 is 15.9 Å². The monoisotopic (exact) mass is 303 g/mol. The van der Waals surface area contributed by atoms with E-state index in [0.29, 0.717) is 11.6 Å². The summed E-state index contributed by atoms with van der Waals surface area (Å²) in [6, 6.07) is 5.50. The minimum atomic E-state index is -3.31. The molecule has 0 radical (unpaired) electrons. The Hall–Kier alpha value is -1.08. The smallest absolute Gasteiger partial charge is 0.231 e. The third kappa shape index (κ3) is 2.05. The van der Waals surface area contributed by atoms with Crippen LogP contribution < -0.4 is 4.72 Å². The number of imidazole rings is 1. The minimum Gasteiger partial charge on any atom is -0.288 e. The fraction of sp³-hybridized carbons (Fsp3) is 0.222. The molecule has 2 heterocycles. The molecule has 1 N–H and O–H groups in total. The van der Waals surface area contributed by atoms with Gasteiger partial charge in [-0.05, 0) is 35.0 Å². The maximum atomic E-state index is 11.2. The van der Waals surface area contributed by atoms with E-state index in [9.17, 15) is 8.42 Å². The maximum absolute atomic E-state index is 11.2. The van der Waals surface area contributed by atoms with Crippen molar-refractivity contribution in [2.45, 2.75) is 6.92 Å². The van der Waals surface area contributed by atoms with Gasteiger partial charge in [-0.2, -0.15) is 0 Å². The molecule has 0 bridgehead atoms. The van der Waals surface area contributed by atoms with Gasteiger partial charge in [-0.25, -0.2) is 13.4 Å². The highest BCUT2D eigenvalue weighted by atomic mass is 79.9. The molecule has 0 unspecified atom stereocenters. The van der Waals surface area contributed by atoms with E-state index in [-0.39, 0.29) is 0 Å². The molecule has 16 heavy (non-hydrogen) atoms. The van der Waals surface area contributed by atoms with Gasteiger partial charge in [0.1, 0.15) is 5.82 Å². The highest BCUT2D eigenvalue weighted by Crippen LogP contribution is 2.23. The fourth-order valence-corrected chi connectivity index (χ4v) is 2.62. The van der Waals surface area contributed by atoms with Gasteiger partial charge in [0.2, 0.25) is 10.0 Å². The molecule has 0 spiro atoms. The SMILES string of the molecule is Cc1nc(NS(C)(=O)=O)c2cccc(Br)n12. The Labute approximate surface area is 102 Å². The number of halogens is 1. The summed E-state index contributed by atoms with van der Waals surface area (Å²) in [5.74, 6) is 1.06. The van der Waals surface area contributed by atoms with Crippen molar-refractivity contribution < 1.29 is 8.42 Å². The van der Waals surface area contributed by atoms with Gasteiger partial charge in [0, 0.05) is 0 Å². The van der Waals surface area contributed by atoms with Crippen LogP contribution in [0.15, 0.2) is 22.8 Å². The average molecular weight is 304 g/mol. The summed E-state index contributed by atoms with van der Waals surface area (Å²) in [5, 5.41) is 0. The number of nitrogens with one attached hydrogen (secondary N) is 1. The van der Waals surface area contributed by atoms with Crippen LogP contribution in [0.1, 0.15) is 5.82 Å². The van der Waals surface area contributed by atoms with Crippen molar-refractivity contribution in [1.29, 1.82) is 0 Å². The van der Waals surface area contributed by atoms with Gasteiger partial charge < -0.3 is 0 Å². The zero-order valence-corrected chi connectivity index (χ0v) is 11.1. The molecule has 0 aliphatic rings. The number of aromatic nitrogens is 2. The summed E-state index contributed by atoms with van der Waals surface area (Å²) >= 11 is 3.39. The highest BCUT2D eigenvalue weighted by Gasteiger charge is 2.12. The Kier molecular flexibility index (Phi) is 2.67. The molecule has 0 saturated carbocycles. The van der Waals surface area contributed by atoms with Crippen LogP contribution in [0.25, 0.3) is 5.52 Å². The highest BCUT2D eigenvalue weighted by molar-refractivity contribution is 9.10. The van der Waals surface area contributed by atoms with E-state index in [1.165, 1.54) is 0 Å². The topological polar surface area (TPSA) is 63.5 Å². The van der Waals surface area contributed by atoms with E-state index >= 15 is 0 Å². The summed E-state index contributed by atoms with van der Waals surface area (Å²) < 4.78 is 27.4. The van der Waals surface area contributed by atoms with Crippen LogP contribution in [-0.2, 0) is 10.0 Å². The molecule has 0 atom stereocenters. The lowest BCUT2D eigenvalue weighted by atomic mass is 10.4. The number of nitrogens with zero attached hydrogens (tertiary/aromatic N) is 2. The van der Waals surface area contributed by atoms with Crippen molar-refractivity contribution in [1.82, 2.24) is 9.38 Å². The molecular weight excluding hydrogens is 294 g/mol. The molecule has 0 aliphatic carbocycles. The summed E-state index contributed by atoms with van der Waals surface area (Å²) in [6.45, 7) is 1.81. The van der Waals surface area contributed by atoms with Crippen LogP contribution in [0, 0.1) is 6.92 Å². The lowest BCUT2D eigenvalue weighted by Crippen LogP contribution is -2.10. The molecule has 0 amide bonds. The normalized spacial score (nSPS) is 11.9. The molecule has 2 rings (SSSR count). The first-order chi connectivity index (χ1) is 7.38. The quantitative estimate of drug-likeness (QED) is 0.860. The van der Waals surface area contributed by atoms with E-state index in [2.05, 4.69) is 25.6 Å². The molecule has 0 saturated heterocycles. The number of pyridine rings is 1. The zero-order chi connectivity index (χ0) is 11.9. The van der Waals surface area contributed by atoms with E-state index in [4.69, 9.17) is 0 Å². The lowest BCUT2D eigenvalue weighted by molar-refractivity contribution is 0.606. The van der Waals surface area contributed by atoms with E-state index in [1.807, 2.05) is 23.5 Å². The van der Waals surface area contributed by atoms with Gasteiger partial charge >= 0.3 is 0 Å². The molecule has 7 heteroatoms. The Morgan fingerprint density at radius 2 is 2.12 bits per heavy atom. The fourth-order valence-electron chi connectivity index (χ4n) is 1.52. The number of sulfonamides is 1. The van der Waals surface area contributed by atoms with Crippen LogP contribution in [-0.4, -0.2) is 24.1 Å². The first-order valence-electron chi connectivity index (χ1n) is 4.50. The Morgan fingerprint density at radius 1 is 1.44 bits per heavy atom. The molecule has 5 nitrogen and oxygen atoms in total. The van der Waals surface area contributed by atoms with Crippen LogP contribution in [0.4, 0.5) is 5.82 Å². The van der Waals surface area contributed by atoms with Crippen molar-refractivity contribution >= 4 is 37.3 Å². The molecular formula is C9H10BrN3O2S. The molecule has 86 valence electrons. The van der Waals surface area contributed by atoms with Crippen molar-refractivity contribution in [3.63, 3.8) is 0 Å². The molecule has 2 aromatic heterocycles. The number of anilines is 1. The largest absolute Gasteiger partial charge is 0.288 e. The standard InChI is InChI=1S/C9H10BrN3O2S/c1-6-11-9(12-16(2,14)15)7-4-3-5-8(10)13(6)7/h3-5,12H,1-2H3. The van der Waals surface area contributed by atoms with Gasteiger partial charge in [-0.3, -0.25) is 9.12 Å². The number of hydrogen-bond donors (Lipinski definition) is 1. The summed E-state index contributed by atoms with van der Waals surface area (Å²) in [6.07, 6.45) is 1.10. The molecule has 2 aromatic rings. The Balaban J connectivity index is 2.69. The van der Waals surface area contributed by atoms with Gasteiger partial charge in [0.25, 0.3) is 0 Å². The van der Waals surface area contributed by atoms with Crippen LogP contribution in [0.3, 0.4) is 0 Å². The van der Waals surface area contributed by atoms with Gasteiger partial charge in [0.15, 0.2) is 5.82 Å². The van der Waals surface area contributed by atoms with E-state index in [0.717, 1.165) is 16.4 Å². The third-order valence-electron chi connectivity index (χ3n) is 2.06. The van der Waals surface area contributed by atoms with Gasteiger partial charge in [-0.15, -0.1) is 0 Å². The third-order valence-corrected chi connectivity index (χ3v) is 3.25. The van der Waals surface area contributed by atoms with Gasteiger partial charge in [-0.1, -0.05) is 6.07 Å². The number of aryl methyl sites for hydroxylation is 1. The minimum absolute atomic E-state index is 0.348. The predicted octanol–water partition coefficient (Wildman–Crippen LogP) is 1.78. The first-order valence-corrected chi connectivity index (χ1v) is 7.18. The molecule has 0 aromatic carbocycles. The van der Waals surface area contributed by atoms with E-state index in [1.54, 1.807) is 6.07 Å². The first kappa shape index (κ1) is 11.4. The second-order valence-corrected chi connectivity index (χ2v) is 6.01. The lowest BCUT2D eigenvalue weighted by Gasteiger charge is -2.01. The van der Waals surface area contributed by atoms with Crippen LogP contribution in [0.2, 0.25) is 0 Å². The molecule has 0 fully saturated rings. The Bertz CT molecular complexity index is 648. The second kappa shape index (κ2) is 3.74. The number of fused-ring (bicyclic) bond motifs is 1. The summed E-state index contributed by atoms with van der Waals surface area (Å²) in [5.41, 5.74) is 0.720. The number of rotatable bonds is 2. The average Bonchev–Trinajstić information content (AvgIpc) is 2.42. The zero-order valence-electron chi connectivity index (χ0n) is 8.73. The van der Waals surface area contributed by atoms with Gasteiger partial charge in [0.05, 0.1) is 16.4 Å². The van der Waals surface area contributed by atoms with E-state index < -0.39 is 10.0 Å². The van der Waals surface area contributed by atoms with Crippen molar-refractivity contribution in [2.24, 2.45) is 0 Å².